The Bertz CT molecular complexity index is 976. The minimum Gasteiger partial charge on any atom is -0.497 e. The maximum atomic E-state index is 14.2. The lowest BCUT2D eigenvalue weighted by atomic mass is 9.78. The topological polar surface area (TPSA) is 135 Å². The number of hydrogen-bond donors (Lipinski definition) is 4. The molecule has 0 bridgehead atoms. The van der Waals surface area contributed by atoms with Crippen molar-refractivity contribution in [3.05, 3.63) is 53.3 Å². The van der Waals surface area contributed by atoms with Gasteiger partial charge in [0.2, 0.25) is 0 Å². The van der Waals surface area contributed by atoms with Crippen molar-refractivity contribution in [3.63, 3.8) is 0 Å². The van der Waals surface area contributed by atoms with Gasteiger partial charge >= 0.3 is 19.2 Å². The molecular formula is C22H27BFNO8. The van der Waals surface area contributed by atoms with Crippen molar-refractivity contribution in [2.24, 2.45) is 0 Å². The first-order chi connectivity index (χ1) is 15.4. The van der Waals surface area contributed by atoms with Crippen LogP contribution in [0.15, 0.2) is 36.4 Å². The first-order valence-electron chi connectivity index (χ1n) is 10.1. The van der Waals surface area contributed by atoms with Crippen LogP contribution in [0, 0.1) is 5.82 Å². The highest BCUT2D eigenvalue weighted by Gasteiger charge is 2.28. The van der Waals surface area contributed by atoms with Gasteiger partial charge in [0, 0.05) is 11.9 Å². The molecule has 0 fully saturated rings. The summed E-state index contributed by atoms with van der Waals surface area (Å²) in [5.74, 6) is -1.69. The van der Waals surface area contributed by atoms with E-state index >= 15 is 0 Å². The Morgan fingerprint density at radius 1 is 1.15 bits per heavy atom. The number of methoxy groups -OCH3 is 1. The Morgan fingerprint density at radius 3 is 2.30 bits per heavy atom. The van der Waals surface area contributed by atoms with Crippen molar-refractivity contribution >= 4 is 24.6 Å². The average molecular weight is 463 g/mol. The SMILES string of the molecule is COc1ccc(COc2c(C[C@H](NC(=O)OC(C)(C)C)C(=O)O)cc(F)cc2B(O)O)cc1. The predicted molar refractivity (Wildman–Crippen MR) is 118 cm³/mol. The number of ether oxygens (including phenoxy) is 3. The van der Waals surface area contributed by atoms with Crippen LogP contribution in [-0.2, 0) is 22.6 Å². The number of carbonyl (C=O) groups excluding carboxylic acids is 1. The molecule has 0 aliphatic carbocycles. The molecule has 2 aromatic rings. The van der Waals surface area contributed by atoms with Crippen molar-refractivity contribution < 1.29 is 43.3 Å². The quantitative estimate of drug-likeness (QED) is 0.412. The van der Waals surface area contributed by atoms with Crippen molar-refractivity contribution in [1.82, 2.24) is 5.32 Å². The normalized spacial score (nSPS) is 12.0. The molecule has 2 rings (SSSR count). The number of hydrogen-bond acceptors (Lipinski definition) is 7. The first kappa shape index (κ1) is 26.0. The summed E-state index contributed by atoms with van der Waals surface area (Å²) >= 11 is 0. The number of carbonyl (C=O) groups is 2. The Hall–Kier alpha value is -3.31. The van der Waals surface area contributed by atoms with Crippen molar-refractivity contribution in [2.75, 3.05) is 7.11 Å². The Morgan fingerprint density at radius 2 is 1.79 bits per heavy atom. The predicted octanol–water partition coefficient (Wildman–Crippen LogP) is 1.61. The molecule has 0 saturated carbocycles. The summed E-state index contributed by atoms with van der Waals surface area (Å²) in [4.78, 5) is 23.8. The molecule has 11 heteroatoms. The molecule has 0 heterocycles. The zero-order valence-electron chi connectivity index (χ0n) is 18.8. The molecule has 33 heavy (non-hydrogen) atoms. The number of nitrogens with one attached hydrogen (secondary N) is 1. The van der Waals surface area contributed by atoms with Gasteiger partial charge in [-0.2, -0.15) is 0 Å². The fourth-order valence-corrected chi connectivity index (χ4v) is 2.94. The summed E-state index contributed by atoms with van der Waals surface area (Å²) in [6.45, 7) is 4.83. The molecule has 0 spiro atoms. The van der Waals surface area contributed by atoms with Gasteiger partial charge in [0.1, 0.15) is 35.6 Å². The lowest BCUT2D eigenvalue weighted by molar-refractivity contribution is -0.139. The molecule has 1 atom stereocenters. The van der Waals surface area contributed by atoms with E-state index in [1.165, 1.54) is 7.11 Å². The zero-order chi connectivity index (χ0) is 24.8. The van der Waals surface area contributed by atoms with E-state index in [2.05, 4.69) is 5.32 Å². The van der Waals surface area contributed by atoms with Crippen LogP contribution in [-0.4, -0.2) is 53.1 Å². The molecule has 2 aromatic carbocycles. The summed E-state index contributed by atoms with van der Waals surface area (Å²) in [7, 11) is -0.553. The third kappa shape index (κ3) is 7.96. The number of benzene rings is 2. The minimum absolute atomic E-state index is 0.0232. The lowest BCUT2D eigenvalue weighted by Gasteiger charge is -2.23. The second-order valence-corrected chi connectivity index (χ2v) is 8.23. The van der Waals surface area contributed by atoms with Crippen molar-refractivity contribution in [1.29, 1.82) is 0 Å². The van der Waals surface area contributed by atoms with Crippen LogP contribution in [0.2, 0.25) is 0 Å². The van der Waals surface area contributed by atoms with E-state index in [9.17, 15) is 29.1 Å². The maximum absolute atomic E-state index is 14.2. The molecule has 0 unspecified atom stereocenters. The maximum Gasteiger partial charge on any atom is 0.492 e. The molecule has 0 aliphatic rings. The zero-order valence-corrected chi connectivity index (χ0v) is 18.8. The fourth-order valence-electron chi connectivity index (χ4n) is 2.94. The number of alkyl carbamates (subject to hydrolysis) is 1. The van der Waals surface area contributed by atoms with Crippen LogP contribution in [0.3, 0.4) is 0 Å². The van der Waals surface area contributed by atoms with E-state index < -0.39 is 43.1 Å². The van der Waals surface area contributed by atoms with Gasteiger partial charge in [-0.15, -0.1) is 0 Å². The molecule has 9 nitrogen and oxygen atoms in total. The number of halogens is 1. The van der Waals surface area contributed by atoms with E-state index in [1.807, 2.05) is 0 Å². The van der Waals surface area contributed by atoms with Gasteiger partial charge in [-0.1, -0.05) is 12.1 Å². The van der Waals surface area contributed by atoms with Crippen LogP contribution < -0.4 is 20.3 Å². The van der Waals surface area contributed by atoms with Gasteiger partial charge in [0.15, 0.2) is 0 Å². The highest BCUT2D eigenvalue weighted by atomic mass is 19.1. The van der Waals surface area contributed by atoms with E-state index in [0.29, 0.717) is 11.3 Å². The number of aliphatic carboxylic acids is 1. The van der Waals surface area contributed by atoms with Crippen LogP contribution >= 0.6 is 0 Å². The smallest absolute Gasteiger partial charge is 0.492 e. The molecule has 178 valence electrons. The summed E-state index contributed by atoms with van der Waals surface area (Å²) in [5.41, 5.74) is -0.409. The molecule has 0 aromatic heterocycles. The molecule has 0 saturated heterocycles. The lowest BCUT2D eigenvalue weighted by Crippen LogP contribution is -2.45. The van der Waals surface area contributed by atoms with E-state index in [1.54, 1.807) is 45.0 Å². The van der Waals surface area contributed by atoms with Gasteiger partial charge in [-0.05, 0) is 56.2 Å². The second kappa shape index (κ2) is 11.0. The average Bonchev–Trinajstić information content (AvgIpc) is 2.71. The summed E-state index contributed by atoms with van der Waals surface area (Å²) < 4.78 is 30.1. The van der Waals surface area contributed by atoms with E-state index in [0.717, 1.165) is 12.1 Å². The van der Waals surface area contributed by atoms with Crippen LogP contribution in [0.5, 0.6) is 11.5 Å². The van der Waals surface area contributed by atoms with Crippen LogP contribution in [0.25, 0.3) is 0 Å². The minimum atomic E-state index is -2.08. The monoisotopic (exact) mass is 463 g/mol. The van der Waals surface area contributed by atoms with E-state index in [-0.39, 0.29) is 23.4 Å². The standard InChI is InChI=1S/C22H27BFNO8/c1-22(2,3)33-21(28)25-18(20(26)27)10-14-9-15(24)11-17(23(29)30)19(14)32-12-13-5-7-16(31-4)8-6-13/h5-9,11,18,29-30H,10,12H2,1-4H3,(H,25,28)(H,26,27)/t18-/m0/s1. The van der Waals surface area contributed by atoms with Crippen LogP contribution in [0.1, 0.15) is 31.9 Å². The number of amides is 1. The van der Waals surface area contributed by atoms with Crippen LogP contribution in [0.4, 0.5) is 9.18 Å². The summed E-state index contributed by atoms with van der Waals surface area (Å²) in [6.07, 6.45) is -1.36. The van der Waals surface area contributed by atoms with E-state index in [4.69, 9.17) is 14.2 Å². The third-order valence-electron chi connectivity index (χ3n) is 4.39. The summed E-state index contributed by atoms with van der Waals surface area (Å²) in [6, 6.07) is 7.27. The third-order valence-corrected chi connectivity index (χ3v) is 4.39. The van der Waals surface area contributed by atoms with Gasteiger partial charge in [0.05, 0.1) is 7.11 Å². The molecule has 0 radical (unpaired) electrons. The highest BCUT2D eigenvalue weighted by Crippen LogP contribution is 2.23. The Balaban J connectivity index is 2.32. The van der Waals surface area contributed by atoms with Gasteiger partial charge in [-0.3, -0.25) is 0 Å². The highest BCUT2D eigenvalue weighted by molar-refractivity contribution is 6.59. The molecular weight excluding hydrogens is 436 g/mol. The van der Waals surface area contributed by atoms with Crippen molar-refractivity contribution in [2.45, 2.75) is 45.4 Å². The van der Waals surface area contributed by atoms with Crippen molar-refractivity contribution in [3.8, 4) is 11.5 Å². The van der Waals surface area contributed by atoms with Gasteiger partial charge in [0.25, 0.3) is 0 Å². The molecule has 1 amide bonds. The Kier molecular flexibility index (Phi) is 8.66. The molecule has 4 N–H and O–H groups in total. The largest absolute Gasteiger partial charge is 0.497 e. The van der Waals surface area contributed by atoms with Gasteiger partial charge in [-0.25, -0.2) is 14.0 Å². The van der Waals surface area contributed by atoms with Gasteiger partial charge < -0.3 is 34.7 Å². The second-order valence-electron chi connectivity index (χ2n) is 8.23. The molecule has 0 aliphatic heterocycles. The number of carboxylic acid groups (broad SMARTS) is 1. The number of carboxylic acids is 1. The fraction of sp³-hybridized carbons (Fsp3) is 0.364. The first-order valence-corrected chi connectivity index (χ1v) is 10.1. The number of rotatable bonds is 9. The summed E-state index contributed by atoms with van der Waals surface area (Å²) in [5, 5.41) is 31.2. The Labute approximate surface area is 191 Å².